The Morgan fingerprint density at radius 1 is 1.00 bits per heavy atom. The molecule has 7 heteroatoms. The quantitative estimate of drug-likeness (QED) is 0.716. The van der Waals surface area contributed by atoms with E-state index in [2.05, 4.69) is 10.0 Å². The first-order chi connectivity index (χ1) is 13.8. The predicted molar refractivity (Wildman–Crippen MR) is 114 cm³/mol. The summed E-state index contributed by atoms with van der Waals surface area (Å²) in [4.78, 5) is 12.3. The first-order valence-electron chi connectivity index (χ1n) is 9.95. The third-order valence-electron chi connectivity index (χ3n) is 4.94. The van der Waals surface area contributed by atoms with Crippen molar-refractivity contribution in [2.75, 3.05) is 11.9 Å². The number of anilines is 1. The second kappa shape index (κ2) is 9.41. The van der Waals surface area contributed by atoms with E-state index in [0.717, 1.165) is 42.5 Å². The van der Waals surface area contributed by atoms with Gasteiger partial charge in [0.1, 0.15) is 5.75 Å². The van der Waals surface area contributed by atoms with Crippen molar-refractivity contribution in [3.8, 4) is 5.75 Å². The van der Waals surface area contributed by atoms with Gasteiger partial charge in [-0.25, -0.2) is 13.1 Å². The van der Waals surface area contributed by atoms with Gasteiger partial charge in [-0.1, -0.05) is 25.3 Å². The van der Waals surface area contributed by atoms with Crippen LogP contribution >= 0.6 is 0 Å². The van der Waals surface area contributed by atoms with Gasteiger partial charge in [-0.2, -0.15) is 0 Å². The van der Waals surface area contributed by atoms with Crippen LogP contribution in [-0.2, 0) is 14.8 Å². The summed E-state index contributed by atoms with van der Waals surface area (Å²) in [5.74, 6) is 0.169. The van der Waals surface area contributed by atoms with Crippen molar-refractivity contribution in [3.63, 3.8) is 0 Å². The summed E-state index contributed by atoms with van der Waals surface area (Å²) < 4.78 is 33.3. The van der Waals surface area contributed by atoms with Gasteiger partial charge in [-0.05, 0) is 74.2 Å². The van der Waals surface area contributed by atoms with Crippen molar-refractivity contribution in [3.05, 3.63) is 53.6 Å². The summed E-state index contributed by atoms with van der Waals surface area (Å²) in [5, 5.41) is 2.81. The Morgan fingerprint density at radius 3 is 2.24 bits per heavy atom. The van der Waals surface area contributed by atoms with E-state index in [4.69, 9.17) is 4.74 Å². The molecule has 1 aliphatic rings. The molecule has 6 nitrogen and oxygen atoms in total. The summed E-state index contributed by atoms with van der Waals surface area (Å²) in [7, 11) is -3.54. The van der Waals surface area contributed by atoms with Gasteiger partial charge < -0.3 is 10.1 Å². The van der Waals surface area contributed by atoms with Crippen molar-refractivity contribution in [2.45, 2.75) is 56.9 Å². The monoisotopic (exact) mass is 416 g/mol. The van der Waals surface area contributed by atoms with Gasteiger partial charge in [0.2, 0.25) is 10.0 Å². The molecule has 1 amide bonds. The fourth-order valence-electron chi connectivity index (χ4n) is 3.62. The molecule has 0 atom stereocenters. The summed E-state index contributed by atoms with van der Waals surface area (Å²) in [6.07, 6.45) is 5.06. The molecule has 0 spiro atoms. The minimum absolute atomic E-state index is 0.0126. The lowest BCUT2D eigenvalue weighted by molar-refractivity contribution is -0.118. The van der Waals surface area contributed by atoms with E-state index in [1.54, 1.807) is 12.1 Å². The Balaban J connectivity index is 1.53. The number of ether oxygens (including phenoxy) is 1. The molecule has 1 saturated carbocycles. The van der Waals surface area contributed by atoms with Gasteiger partial charge in [-0.15, -0.1) is 0 Å². The summed E-state index contributed by atoms with van der Waals surface area (Å²) >= 11 is 0. The van der Waals surface area contributed by atoms with Crippen molar-refractivity contribution >= 4 is 21.6 Å². The average Bonchev–Trinajstić information content (AvgIpc) is 2.66. The smallest absolute Gasteiger partial charge is 0.262 e. The first-order valence-corrected chi connectivity index (χ1v) is 11.4. The highest BCUT2D eigenvalue weighted by atomic mass is 32.2. The van der Waals surface area contributed by atoms with Crippen LogP contribution in [0.25, 0.3) is 0 Å². The van der Waals surface area contributed by atoms with E-state index in [0.29, 0.717) is 5.75 Å². The number of carbonyl (C=O) groups excluding carboxylic acids is 1. The first kappa shape index (κ1) is 21.3. The highest BCUT2D eigenvalue weighted by molar-refractivity contribution is 7.89. The summed E-state index contributed by atoms with van der Waals surface area (Å²) in [6, 6.07) is 12.0. The zero-order valence-electron chi connectivity index (χ0n) is 16.9. The Hall–Kier alpha value is -2.38. The van der Waals surface area contributed by atoms with Gasteiger partial charge in [-0.3, -0.25) is 4.79 Å². The zero-order chi connectivity index (χ0) is 20.9. The molecule has 2 N–H and O–H groups in total. The Bertz CT molecular complexity index is 929. The van der Waals surface area contributed by atoms with Crippen LogP contribution in [0.3, 0.4) is 0 Å². The van der Waals surface area contributed by atoms with E-state index in [-0.39, 0.29) is 23.5 Å². The van der Waals surface area contributed by atoms with Crippen LogP contribution in [0.5, 0.6) is 5.75 Å². The number of sulfonamides is 1. The number of hydrogen-bond acceptors (Lipinski definition) is 4. The Kier molecular flexibility index (Phi) is 6.92. The maximum atomic E-state index is 12.5. The average molecular weight is 417 g/mol. The van der Waals surface area contributed by atoms with E-state index in [1.165, 1.54) is 18.6 Å². The molecule has 156 valence electrons. The predicted octanol–water partition coefficient (Wildman–Crippen LogP) is 3.93. The van der Waals surface area contributed by atoms with E-state index < -0.39 is 10.0 Å². The lowest BCUT2D eigenvalue weighted by Gasteiger charge is -2.22. The molecule has 0 aromatic heterocycles. The normalized spacial score (nSPS) is 15.1. The molecule has 0 aliphatic heterocycles. The molecule has 1 aliphatic carbocycles. The molecular formula is C22H28N2O4S. The molecule has 1 fully saturated rings. The topological polar surface area (TPSA) is 84.5 Å². The van der Waals surface area contributed by atoms with Crippen molar-refractivity contribution in [1.29, 1.82) is 0 Å². The summed E-state index contributed by atoms with van der Waals surface area (Å²) in [5.41, 5.74) is 2.87. The molecule has 0 bridgehead atoms. The summed E-state index contributed by atoms with van der Waals surface area (Å²) in [6.45, 7) is 3.79. The number of nitrogens with one attached hydrogen (secondary N) is 2. The SMILES string of the molecule is Cc1cc(C)cc(NC(=O)COc2ccc(S(=O)(=O)NC3CCCCC3)cc2)c1. The fourth-order valence-corrected chi connectivity index (χ4v) is 4.92. The van der Waals surface area contributed by atoms with Crippen LogP contribution in [-0.4, -0.2) is 27.0 Å². The van der Waals surface area contributed by atoms with Crippen LogP contribution in [0.2, 0.25) is 0 Å². The van der Waals surface area contributed by atoms with Gasteiger partial charge in [0.25, 0.3) is 5.91 Å². The molecule has 2 aromatic rings. The van der Waals surface area contributed by atoms with Crippen LogP contribution in [0.15, 0.2) is 47.4 Å². The van der Waals surface area contributed by atoms with Gasteiger partial charge >= 0.3 is 0 Å². The molecule has 2 aromatic carbocycles. The highest BCUT2D eigenvalue weighted by Crippen LogP contribution is 2.21. The minimum Gasteiger partial charge on any atom is -0.484 e. The molecule has 0 heterocycles. The van der Waals surface area contributed by atoms with Gasteiger partial charge in [0, 0.05) is 11.7 Å². The van der Waals surface area contributed by atoms with Crippen LogP contribution in [0.4, 0.5) is 5.69 Å². The van der Waals surface area contributed by atoms with Gasteiger partial charge in [0.05, 0.1) is 4.90 Å². The van der Waals surface area contributed by atoms with Crippen molar-refractivity contribution in [1.82, 2.24) is 4.72 Å². The molecule has 0 unspecified atom stereocenters. The highest BCUT2D eigenvalue weighted by Gasteiger charge is 2.21. The molecule has 3 rings (SSSR count). The second-order valence-corrected chi connectivity index (χ2v) is 9.35. The number of aryl methyl sites for hydroxylation is 2. The number of rotatable bonds is 7. The van der Waals surface area contributed by atoms with Crippen molar-refractivity contribution in [2.24, 2.45) is 0 Å². The van der Waals surface area contributed by atoms with Crippen LogP contribution in [0.1, 0.15) is 43.2 Å². The van der Waals surface area contributed by atoms with Crippen LogP contribution in [0, 0.1) is 13.8 Å². The molecule has 0 radical (unpaired) electrons. The Labute approximate surface area is 172 Å². The fraction of sp³-hybridized carbons (Fsp3) is 0.409. The number of benzene rings is 2. The van der Waals surface area contributed by atoms with Gasteiger partial charge in [0.15, 0.2) is 6.61 Å². The van der Waals surface area contributed by atoms with E-state index in [9.17, 15) is 13.2 Å². The van der Waals surface area contributed by atoms with E-state index >= 15 is 0 Å². The third kappa shape index (κ3) is 6.30. The maximum Gasteiger partial charge on any atom is 0.262 e. The lowest BCUT2D eigenvalue weighted by Crippen LogP contribution is -2.36. The number of hydrogen-bond donors (Lipinski definition) is 2. The number of carbonyl (C=O) groups is 1. The second-order valence-electron chi connectivity index (χ2n) is 7.64. The molecule has 29 heavy (non-hydrogen) atoms. The molecular weight excluding hydrogens is 388 g/mol. The standard InChI is InChI=1S/C22H28N2O4S/c1-16-12-17(2)14-19(13-16)23-22(25)15-28-20-8-10-21(11-9-20)29(26,27)24-18-6-4-3-5-7-18/h8-14,18,24H,3-7,15H2,1-2H3,(H,23,25). The Morgan fingerprint density at radius 2 is 1.62 bits per heavy atom. The minimum atomic E-state index is -3.54. The maximum absolute atomic E-state index is 12.5. The number of amides is 1. The third-order valence-corrected chi connectivity index (χ3v) is 6.47. The van der Waals surface area contributed by atoms with Crippen LogP contribution < -0.4 is 14.8 Å². The zero-order valence-corrected chi connectivity index (χ0v) is 17.7. The van der Waals surface area contributed by atoms with Crippen molar-refractivity contribution < 1.29 is 17.9 Å². The molecule has 0 saturated heterocycles. The largest absolute Gasteiger partial charge is 0.484 e. The van der Waals surface area contributed by atoms with E-state index in [1.807, 2.05) is 32.0 Å². The lowest BCUT2D eigenvalue weighted by atomic mass is 9.96.